The Labute approximate surface area is 95.1 Å². The van der Waals surface area contributed by atoms with Crippen molar-refractivity contribution in [1.29, 1.82) is 0 Å². The molecule has 3 N–H and O–H groups in total. The SMILES string of the molecule is COCCNc1cc(NCCO)nc(C)n1. The molecule has 6 heteroatoms. The Kier molecular flexibility index (Phi) is 5.52. The molecule has 1 aromatic rings. The van der Waals surface area contributed by atoms with Gasteiger partial charge >= 0.3 is 0 Å². The highest BCUT2D eigenvalue weighted by molar-refractivity contribution is 5.47. The summed E-state index contributed by atoms with van der Waals surface area (Å²) in [4.78, 5) is 8.43. The lowest BCUT2D eigenvalue weighted by atomic mass is 10.4. The number of ether oxygens (including phenoxy) is 1. The summed E-state index contributed by atoms with van der Waals surface area (Å²) >= 11 is 0. The van der Waals surface area contributed by atoms with Gasteiger partial charge in [-0.3, -0.25) is 0 Å². The van der Waals surface area contributed by atoms with Crippen LogP contribution in [0.2, 0.25) is 0 Å². The average molecular weight is 226 g/mol. The minimum atomic E-state index is 0.0789. The number of hydrogen-bond donors (Lipinski definition) is 3. The predicted molar refractivity (Wildman–Crippen MR) is 62.7 cm³/mol. The van der Waals surface area contributed by atoms with Gasteiger partial charge in [-0.2, -0.15) is 0 Å². The third-order valence-electron chi connectivity index (χ3n) is 1.87. The minimum absolute atomic E-state index is 0.0789. The molecule has 0 aliphatic carbocycles. The van der Waals surface area contributed by atoms with Crippen LogP contribution in [0, 0.1) is 6.92 Å². The quantitative estimate of drug-likeness (QED) is 0.578. The van der Waals surface area contributed by atoms with Crippen molar-refractivity contribution in [3.05, 3.63) is 11.9 Å². The molecule has 0 fully saturated rings. The van der Waals surface area contributed by atoms with E-state index in [1.54, 1.807) is 13.2 Å². The molecule has 0 amide bonds. The summed E-state index contributed by atoms with van der Waals surface area (Å²) in [5, 5.41) is 14.8. The van der Waals surface area contributed by atoms with Crippen molar-refractivity contribution >= 4 is 11.6 Å². The lowest BCUT2D eigenvalue weighted by Gasteiger charge is -2.09. The molecule has 1 rings (SSSR count). The van der Waals surface area contributed by atoms with Gasteiger partial charge in [0.05, 0.1) is 13.2 Å². The molecule has 0 unspecified atom stereocenters. The van der Waals surface area contributed by atoms with Crippen LogP contribution in [0.3, 0.4) is 0 Å². The van der Waals surface area contributed by atoms with Crippen LogP contribution >= 0.6 is 0 Å². The fourth-order valence-electron chi connectivity index (χ4n) is 1.21. The fourth-order valence-corrected chi connectivity index (χ4v) is 1.21. The van der Waals surface area contributed by atoms with E-state index >= 15 is 0 Å². The number of nitrogens with one attached hydrogen (secondary N) is 2. The second-order valence-corrected chi connectivity index (χ2v) is 3.26. The molecule has 0 saturated carbocycles. The Balaban J connectivity index is 2.58. The molecule has 16 heavy (non-hydrogen) atoms. The molecule has 0 bridgehead atoms. The van der Waals surface area contributed by atoms with E-state index in [4.69, 9.17) is 9.84 Å². The zero-order valence-electron chi connectivity index (χ0n) is 9.66. The van der Waals surface area contributed by atoms with Gasteiger partial charge in [-0.05, 0) is 6.92 Å². The van der Waals surface area contributed by atoms with E-state index in [1.165, 1.54) is 0 Å². The molecule has 6 nitrogen and oxygen atoms in total. The first kappa shape index (κ1) is 12.7. The molecule has 0 atom stereocenters. The van der Waals surface area contributed by atoms with Gasteiger partial charge in [0, 0.05) is 26.3 Å². The van der Waals surface area contributed by atoms with E-state index in [1.807, 2.05) is 6.92 Å². The van der Waals surface area contributed by atoms with Crippen molar-refractivity contribution in [2.45, 2.75) is 6.92 Å². The molecular weight excluding hydrogens is 208 g/mol. The number of hydrogen-bond acceptors (Lipinski definition) is 6. The van der Waals surface area contributed by atoms with Crippen LogP contribution in [0.5, 0.6) is 0 Å². The Morgan fingerprint density at radius 3 is 2.44 bits per heavy atom. The standard InChI is InChI=1S/C10H18N4O2/c1-8-13-9(11-3-5-15)7-10(14-8)12-4-6-16-2/h7,15H,3-6H2,1-2H3,(H2,11,12,13,14). The van der Waals surface area contributed by atoms with Crippen LogP contribution in [0.1, 0.15) is 5.82 Å². The predicted octanol–water partition coefficient (Wildman–Crippen LogP) is 0.248. The topological polar surface area (TPSA) is 79.3 Å². The van der Waals surface area contributed by atoms with Crippen LogP contribution in [0.4, 0.5) is 11.6 Å². The summed E-state index contributed by atoms with van der Waals surface area (Å²) < 4.78 is 4.93. The Bertz CT molecular complexity index is 320. The molecule has 0 aliphatic heterocycles. The maximum absolute atomic E-state index is 8.70. The highest BCUT2D eigenvalue weighted by Crippen LogP contribution is 2.10. The van der Waals surface area contributed by atoms with E-state index in [-0.39, 0.29) is 6.61 Å². The van der Waals surface area contributed by atoms with Crippen molar-refractivity contribution in [3.8, 4) is 0 Å². The van der Waals surface area contributed by atoms with E-state index in [9.17, 15) is 0 Å². The zero-order chi connectivity index (χ0) is 11.8. The van der Waals surface area contributed by atoms with Crippen LogP contribution in [0.25, 0.3) is 0 Å². The van der Waals surface area contributed by atoms with Gasteiger partial charge in [0.1, 0.15) is 17.5 Å². The molecule has 0 aromatic carbocycles. The normalized spacial score (nSPS) is 10.2. The third kappa shape index (κ3) is 4.41. The second kappa shape index (κ2) is 6.97. The molecule has 1 aromatic heterocycles. The molecule has 0 aliphatic rings. The summed E-state index contributed by atoms with van der Waals surface area (Å²) in [6, 6.07) is 1.80. The van der Waals surface area contributed by atoms with Crippen LogP contribution in [0.15, 0.2) is 6.07 Å². The summed E-state index contributed by atoms with van der Waals surface area (Å²) in [5.41, 5.74) is 0. The van der Waals surface area contributed by atoms with Crippen LogP contribution in [-0.4, -0.2) is 48.5 Å². The summed E-state index contributed by atoms with van der Waals surface area (Å²) in [6.45, 7) is 3.71. The number of aromatic nitrogens is 2. The number of aliphatic hydroxyl groups excluding tert-OH is 1. The van der Waals surface area contributed by atoms with Gasteiger partial charge in [0.2, 0.25) is 0 Å². The van der Waals surface area contributed by atoms with Gasteiger partial charge in [0.25, 0.3) is 0 Å². The van der Waals surface area contributed by atoms with E-state index < -0.39 is 0 Å². The van der Waals surface area contributed by atoms with Crippen LogP contribution < -0.4 is 10.6 Å². The van der Waals surface area contributed by atoms with Gasteiger partial charge in [-0.15, -0.1) is 0 Å². The number of aliphatic hydroxyl groups is 1. The zero-order valence-corrected chi connectivity index (χ0v) is 9.66. The largest absolute Gasteiger partial charge is 0.395 e. The first-order valence-corrected chi connectivity index (χ1v) is 5.19. The Hall–Kier alpha value is -1.40. The van der Waals surface area contributed by atoms with Gasteiger partial charge in [-0.1, -0.05) is 0 Å². The summed E-state index contributed by atoms with van der Waals surface area (Å²) in [6.07, 6.45) is 0. The highest BCUT2D eigenvalue weighted by atomic mass is 16.5. The third-order valence-corrected chi connectivity index (χ3v) is 1.87. The summed E-state index contributed by atoms with van der Waals surface area (Å²) in [7, 11) is 1.65. The smallest absolute Gasteiger partial charge is 0.131 e. The maximum atomic E-state index is 8.70. The number of methoxy groups -OCH3 is 1. The molecule has 0 saturated heterocycles. The average Bonchev–Trinajstić information content (AvgIpc) is 2.26. The molecule has 0 radical (unpaired) electrons. The first-order valence-electron chi connectivity index (χ1n) is 5.19. The minimum Gasteiger partial charge on any atom is -0.395 e. The summed E-state index contributed by atoms with van der Waals surface area (Å²) in [5.74, 6) is 2.15. The fraction of sp³-hybridized carbons (Fsp3) is 0.600. The number of nitrogens with zero attached hydrogens (tertiary/aromatic N) is 2. The van der Waals surface area contributed by atoms with E-state index in [0.717, 1.165) is 5.82 Å². The van der Waals surface area contributed by atoms with Crippen molar-refractivity contribution in [2.75, 3.05) is 44.0 Å². The van der Waals surface area contributed by atoms with Gasteiger partial charge in [-0.25, -0.2) is 9.97 Å². The first-order chi connectivity index (χ1) is 7.76. The van der Waals surface area contributed by atoms with Crippen molar-refractivity contribution in [1.82, 2.24) is 9.97 Å². The monoisotopic (exact) mass is 226 g/mol. The van der Waals surface area contributed by atoms with Gasteiger partial charge in [0.15, 0.2) is 0 Å². The van der Waals surface area contributed by atoms with Gasteiger partial charge < -0.3 is 20.5 Å². The molecule has 0 spiro atoms. The van der Waals surface area contributed by atoms with Crippen molar-refractivity contribution in [3.63, 3.8) is 0 Å². The van der Waals surface area contributed by atoms with E-state index in [0.29, 0.717) is 31.3 Å². The lowest BCUT2D eigenvalue weighted by molar-refractivity contribution is 0.210. The lowest BCUT2D eigenvalue weighted by Crippen LogP contribution is -2.12. The highest BCUT2D eigenvalue weighted by Gasteiger charge is 2.00. The van der Waals surface area contributed by atoms with E-state index in [2.05, 4.69) is 20.6 Å². The Morgan fingerprint density at radius 1 is 1.25 bits per heavy atom. The molecule has 1 heterocycles. The second-order valence-electron chi connectivity index (χ2n) is 3.26. The number of rotatable bonds is 7. The Morgan fingerprint density at radius 2 is 1.88 bits per heavy atom. The number of anilines is 2. The molecular formula is C10H18N4O2. The maximum Gasteiger partial charge on any atom is 0.131 e. The molecule has 90 valence electrons. The number of aryl methyl sites for hydroxylation is 1. The van der Waals surface area contributed by atoms with Crippen molar-refractivity contribution in [2.24, 2.45) is 0 Å². The van der Waals surface area contributed by atoms with Crippen LogP contribution in [-0.2, 0) is 4.74 Å². The van der Waals surface area contributed by atoms with Crippen molar-refractivity contribution < 1.29 is 9.84 Å².